The first-order valence-corrected chi connectivity index (χ1v) is 13.2. The molecule has 40 heavy (non-hydrogen) atoms. The second-order valence-electron chi connectivity index (χ2n) is 11.0. The van der Waals surface area contributed by atoms with Gasteiger partial charge in [-0.1, -0.05) is 5.16 Å². The summed E-state index contributed by atoms with van der Waals surface area (Å²) in [6, 6.07) is 8.99. The van der Waals surface area contributed by atoms with Crippen LogP contribution < -0.4 is 20.9 Å². The number of nitrogens with two attached hydrogens (primary N) is 1. The number of fused-ring (bicyclic) bond motifs is 1. The molecule has 0 radical (unpaired) electrons. The van der Waals surface area contributed by atoms with Gasteiger partial charge in [0.05, 0.1) is 24.0 Å². The number of carbonyl (C=O) groups is 1. The molecular weight excluding hydrogens is 510 g/mol. The largest absolute Gasteiger partial charge is 0.481 e. The highest BCUT2D eigenvalue weighted by atomic mass is 16.6. The van der Waals surface area contributed by atoms with E-state index in [4.69, 9.17) is 15.3 Å². The number of aryl methyl sites for hydroxylation is 1. The Morgan fingerprint density at radius 1 is 1.20 bits per heavy atom. The van der Waals surface area contributed by atoms with Gasteiger partial charge in [0.25, 0.3) is 11.5 Å². The van der Waals surface area contributed by atoms with Crippen molar-refractivity contribution in [3.05, 3.63) is 57.6 Å². The van der Waals surface area contributed by atoms with E-state index in [1.54, 1.807) is 38.6 Å². The summed E-state index contributed by atoms with van der Waals surface area (Å²) in [6.45, 7) is 5.84. The Morgan fingerprint density at radius 3 is 2.45 bits per heavy atom. The monoisotopic (exact) mass is 545 g/mol. The molecule has 1 aliphatic carbocycles. The van der Waals surface area contributed by atoms with Gasteiger partial charge in [0.1, 0.15) is 28.4 Å². The van der Waals surface area contributed by atoms with E-state index in [1.807, 2.05) is 44.9 Å². The molecule has 3 aromatic rings. The van der Waals surface area contributed by atoms with Crippen LogP contribution in [0.2, 0.25) is 0 Å². The molecule has 11 nitrogen and oxygen atoms in total. The third-order valence-corrected chi connectivity index (χ3v) is 7.22. The number of carbonyl (C=O) groups excluding carboxylic acids is 1. The molecule has 1 aliphatic rings. The van der Waals surface area contributed by atoms with Crippen LogP contribution in [0, 0.1) is 17.2 Å². The maximum Gasteiger partial charge on any atom is 0.265 e. The molecule has 0 spiro atoms. The number of nitriles is 1. The second-order valence-corrected chi connectivity index (χ2v) is 11.0. The summed E-state index contributed by atoms with van der Waals surface area (Å²) in [6.07, 6.45) is 4.83. The van der Waals surface area contributed by atoms with Crippen LogP contribution >= 0.6 is 0 Å². The maximum absolute atomic E-state index is 13.2. The van der Waals surface area contributed by atoms with Crippen molar-refractivity contribution in [3.63, 3.8) is 0 Å². The van der Waals surface area contributed by atoms with Gasteiger partial charge in [-0.05, 0) is 64.7 Å². The van der Waals surface area contributed by atoms with Crippen LogP contribution in [0.1, 0.15) is 68.1 Å². The van der Waals surface area contributed by atoms with Crippen molar-refractivity contribution < 1.29 is 14.4 Å². The van der Waals surface area contributed by atoms with Gasteiger partial charge in [-0.15, -0.1) is 0 Å². The molecule has 0 unspecified atom stereocenters. The van der Waals surface area contributed by atoms with Crippen LogP contribution in [0.5, 0.6) is 5.88 Å². The minimum absolute atomic E-state index is 0.00373. The van der Waals surface area contributed by atoms with Crippen molar-refractivity contribution >= 4 is 28.3 Å². The smallest absolute Gasteiger partial charge is 0.265 e. The fourth-order valence-electron chi connectivity index (χ4n) is 5.14. The van der Waals surface area contributed by atoms with Crippen molar-refractivity contribution in [1.82, 2.24) is 14.5 Å². The van der Waals surface area contributed by atoms with Crippen molar-refractivity contribution in [2.24, 2.45) is 23.9 Å². The molecule has 1 fully saturated rings. The van der Waals surface area contributed by atoms with E-state index in [0.717, 1.165) is 37.0 Å². The van der Waals surface area contributed by atoms with Crippen LogP contribution in [0.3, 0.4) is 0 Å². The van der Waals surface area contributed by atoms with Crippen molar-refractivity contribution in [3.8, 4) is 11.9 Å². The normalized spacial score (nSPS) is 17.8. The highest BCUT2D eigenvalue weighted by molar-refractivity contribution is 6.06. The zero-order valence-corrected chi connectivity index (χ0v) is 23.8. The minimum Gasteiger partial charge on any atom is -0.481 e. The number of ether oxygens (including phenoxy) is 1. The number of hydrogen-bond donors (Lipinski definition) is 1. The lowest BCUT2D eigenvalue weighted by molar-refractivity contribution is -0.0000376. The van der Waals surface area contributed by atoms with Crippen LogP contribution in [0.25, 0.3) is 11.0 Å². The van der Waals surface area contributed by atoms with Gasteiger partial charge in [-0.2, -0.15) is 5.26 Å². The zero-order valence-electron chi connectivity index (χ0n) is 23.8. The number of oxime groups is 1. The first kappa shape index (κ1) is 28.5. The second kappa shape index (κ2) is 11.3. The third kappa shape index (κ3) is 5.76. The maximum atomic E-state index is 13.2. The fraction of sp³-hybridized carbons (Fsp3) is 0.448. The molecule has 4 rings (SSSR count). The van der Waals surface area contributed by atoms with Gasteiger partial charge < -0.3 is 24.8 Å². The van der Waals surface area contributed by atoms with E-state index in [2.05, 4.69) is 15.1 Å². The topological polar surface area (TPSA) is 149 Å². The Bertz CT molecular complexity index is 1540. The lowest BCUT2D eigenvalue weighted by Gasteiger charge is -2.37. The highest BCUT2D eigenvalue weighted by Crippen LogP contribution is 2.35. The number of hydrogen-bond acceptors (Lipinski definition) is 9. The average Bonchev–Trinajstić information content (AvgIpc) is 2.94. The van der Waals surface area contributed by atoms with Crippen molar-refractivity contribution in [2.45, 2.75) is 58.1 Å². The third-order valence-electron chi connectivity index (χ3n) is 7.22. The molecule has 0 atom stereocenters. The number of aromatic nitrogens is 3. The number of anilines is 1. The molecular formula is C29H35N7O4. The lowest BCUT2D eigenvalue weighted by atomic mass is 9.80. The van der Waals surface area contributed by atoms with E-state index in [-0.39, 0.29) is 23.2 Å². The Kier molecular flexibility index (Phi) is 8.09. The standard InChI is InChI=1S/C29H35N7O4/c1-29(2,3)40-34-24(18-9-14-22(39-6)32-16-18)17-7-11-20(12-8-17)35(4)26-23(27(31)37)28(38)36(5)21-13-10-19(15-30)33-25(21)26/h9-10,13-14,16-17,20H,7-8,11-12H2,1-6H3,(H2,31,37)/b34-24+. The summed E-state index contributed by atoms with van der Waals surface area (Å²) in [4.78, 5) is 42.3. The van der Waals surface area contributed by atoms with Gasteiger partial charge >= 0.3 is 0 Å². The Morgan fingerprint density at radius 2 is 1.90 bits per heavy atom. The molecule has 3 heterocycles. The van der Waals surface area contributed by atoms with Gasteiger partial charge in [-0.25, -0.2) is 9.97 Å². The zero-order chi connectivity index (χ0) is 29.2. The first-order valence-electron chi connectivity index (χ1n) is 13.2. The van der Waals surface area contributed by atoms with E-state index in [0.29, 0.717) is 22.6 Å². The van der Waals surface area contributed by atoms with E-state index < -0.39 is 17.1 Å². The van der Waals surface area contributed by atoms with E-state index >= 15 is 0 Å². The molecule has 0 aromatic carbocycles. The summed E-state index contributed by atoms with van der Waals surface area (Å²) in [5.74, 6) is -0.200. The summed E-state index contributed by atoms with van der Waals surface area (Å²) in [5.41, 5.74) is 7.77. The SMILES string of the molecule is COc1ccc(/C(=N/OC(C)(C)C)C2CCC(N(C)c3c(C(N)=O)c(=O)n(C)c4ccc(C#N)nc34)CC2)cn1. The summed E-state index contributed by atoms with van der Waals surface area (Å²) >= 11 is 0. The molecule has 1 amide bonds. The number of nitrogens with zero attached hydrogens (tertiary/aromatic N) is 6. The molecule has 0 saturated heterocycles. The highest BCUT2D eigenvalue weighted by Gasteiger charge is 2.32. The van der Waals surface area contributed by atoms with Crippen molar-refractivity contribution in [1.29, 1.82) is 5.26 Å². The molecule has 11 heteroatoms. The number of primary amides is 1. The predicted molar refractivity (Wildman–Crippen MR) is 153 cm³/mol. The Labute approximate surface area is 233 Å². The quantitative estimate of drug-likeness (QED) is 0.350. The lowest BCUT2D eigenvalue weighted by Crippen LogP contribution is -2.40. The molecule has 2 N–H and O–H groups in total. The molecule has 210 valence electrons. The average molecular weight is 546 g/mol. The summed E-state index contributed by atoms with van der Waals surface area (Å²) in [5, 5.41) is 14.0. The molecule has 1 saturated carbocycles. The molecule has 0 bridgehead atoms. The fourth-order valence-corrected chi connectivity index (χ4v) is 5.14. The molecule has 0 aliphatic heterocycles. The van der Waals surface area contributed by atoms with Gasteiger partial charge in [0.15, 0.2) is 0 Å². The van der Waals surface area contributed by atoms with Gasteiger partial charge in [0.2, 0.25) is 5.88 Å². The minimum atomic E-state index is -0.831. The first-order chi connectivity index (χ1) is 18.9. The van der Waals surface area contributed by atoms with E-state index in [9.17, 15) is 14.9 Å². The van der Waals surface area contributed by atoms with Crippen molar-refractivity contribution in [2.75, 3.05) is 19.1 Å². The number of pyridine rings is 3. The Hall–Kier alpha value is -4.46. The summed E-state index contributed by atoms with van der Waals surface area (Å²) in [7, 11) is 4.98. The predicted octanol–water partition coefficient (Wildman–Crippen LogP) is 3.52. The van der Waals surface area contributed by atoms with Gasteiger partial charge in [0, 0.05) is 43.9 Å². The number of amides is 1. The van der Waals surface area contributed by atoms with Crippen LogP contribution in [-0.4, -0.2) is 52.0 Å². The van der Waals surface area contributed by atoms with Gasteiger partial charge in [-0.3, -0.25) is 9.59 Å². The number of rotatable bonds is 7. The van der Waals surface area contributed by atoms with E-state index in [1.165, 1.54) is 4.57 Å². The Balaban J connectivity index is 1.67. The van der Waals surface area contributed by atoms with Crippen LogP contribution in [0.4, 0.5) is 5.69 Å². The molecule has 3 aromatic heterocycles. The van der Waals surface area contributed by atoms with Crippen LogP contribution in [-0.2, 0) is 11.9 Å². The summed E-state index contributed by atoms with van der Waals surface area (Å²) < 4.78 is 6.56. The van der Waals surface area contributed by atoms with Crippen LogP contribution in [0.15, 0.2) is 40.4 Å². The number of methoxy groups -OCH3 is 1.